The van der Waals surface area contributed by atoms with E-state index in [0.29, 0.717) is 35.4 Å². The lowest BCUT2D eigenvalue weighted by Crippen LogP contribution is -2.37. The van der Waals surface area contributed by atoms with Crippen LogP contribution in [0.3, 0.4) is 0 Å². The lowest BCUT2D eigenvalue weighted by molar-refractivity contribution is 0.0645. The lowest BCUT2D eigenvalue weighted by atomic mass is 9.60. The normalized spacial score (nSPS) is 27.4. The predicted molar refractivity (Wildman–Crippen MR) is 197 cm³/mol. The van der Waals surface area contributed by atoms with Crippen molar-refractivity contribution in [3.05, 3.63) is 95.6 Å². The van der Waals surface area contributed by atoms with Gasteiger partial charge in [-0.2, -0.15) is 0 Å². The van der Waals surface area contributed by atoms with E-state index in [9.17, 15) is 4.79 Å². The average Bonchev–Trinajstić information content (AvgIpc) is 3.46. The molecule has 228 valence electrons. The maximum Gasteiger partial charge on any atom is 0.166 e. The highest BCUT2D eigenvalue weighted by molar-refractivity contribution is 6.42. The fourth-order valence-electron chi connectivity index (χ4n) is 12.2. The van der Waals surface area contributed by atoms with Crippen molar-refractivity contribution < 1.29 is 4.79 Å². The molecule has 7 aliphatic rings. The zero-order valence-electron chi connectivity index (χ0n) is 27.1. The van der Waals surface area contributed by atoms with Gasteiger partial charge in [-0.25, -0.2) is 0 Å². The molecular formula is C45H37NO. The molecule has 8 aromatic rings. The van der Waals surface area contributed by atoms with Crippen LogP contribution in [0.2, 0.25) is 0 Å². The molecule has 0 spiro atoms. The molecule has 10 bridgehead atoms. The van der Waals surface area contributed by atoms with Crippen molar-refractivity contribution >= 4 is 81.8 Å². The number of carbonyl (C=O) groups excluding carboxylic acids is 1. The van der Waals surface area contributed by atoms with Gasteiger partial charge in [-0.1, -0.05) is 62.9 Å². The summed E-state index contributed by atoms with van der Waals surface area (Å²) in [6.45, 7) is 8.91. The number of aromatic nitrogens is 1. The lowest BCUT2D eigenvalue weighted by Gasteiger charge is -2.44. The maximum atomic E-state index is 14.7. The standard InChI is InChI=1S/C43H31NO.C2H6/c1-19-24-9-7-22-13-31(24)32-14-23-8-10-25(32)43(45)33-18-37-35(16-30(23)33)41-27-12-6-21-4-2-3-20-5-11-26(39(27)38(20)21)40-34-15-29(22)28(19)17-36(34)44(37)42(40)41;1-2/h2-6,11-12,15-18,22-25,31-32H,1,7-10,13-14H2;1-2H3. The van der Waals surface area contributed by atoms with Crippen molar-refractivity contribution in [1.29, 1.82) is 0 Å². The van der Waals surface area contributed by atoms with Crippen molar-refractivity contribution in [2.75, 3.05) is 0 Å². The highest BCUT2D eigenvalue weighted by Crippen LogP contribution is 2.60. The summed E-state index contributed by atoms with van der Waals surface area (Å²) in [5.41, 5.74) is 10.5. The second kappa shape index (κ2) is 8.34. The Morgan fingerprint density at radius 1 is 0.617 bits per heavy atom. The van der Waals surface area contributed by atoms with E-state index in [1.54, 1.807) is 0 Å². The summed E-state index contributed by atoms with van der Waals surface area (Å²) in [5, 5.41) is 13.6. The second-order valence-electron chi connectivity index (χ2n) is 15.5. The first-order chi connectivity index (χ1) is 23.1. The molecule has 0 amide bonds. The van der Waals surface area contributed by atoms with Crippen molar-refractivity contribution in [2.45, 2.75) is 64.2 Å². The highest BCUT2D eigenvalue weighted by Gasteiger charge is 2.50. The van der Waals surface area contributed by atoms with Crippen LogP contribution in [0.4, 0.5) is 0 Å². The summed E-state index contributed by atoms with van der Waals surface area (Å²) in [7, 11) is 0. The smallest absolute Gasteiger partial charge is 0.166 e. The quantitative estimate of drug-likeness (QED) is 0.157. The van der Waals surface area contributed by atoms with E-state index in [2.05, 4.69) is 71.1 Å². The number of hydrogen-bond acceptors (Lipinski definition) is 1. The number of carbonyl (C=O) groups is 1. The molecule has 6 unspecified atom stereocenters. The zero-order chi connectivity index (χ0) is 31.0. The van der Waals surface area contributed by atoms with Gasteiger partial charge in [-0.3, -0.25) is 4.79 Å². The zero-order valence-corrected chi connectivity index (χ0v) is 27.1. The Balaban J connectivity index is 0.00000127. The summed E-state index contributed by atoms with van der Waals surface area (Å²) >= 11 is 0. The number of ketones is 1. The van der Waals surface area contributed by atoms with Gasteiger partial charge in [0.1, 0.15) is 0 Å². The molecule has 15 rings (SSSR count). The molecule has 6 aromatic carbocycles. The molecule has 0 radical (unpaired) electrons. The molecule has 0 saturated heterocycles. The van der Waals surface area contributed by atoms with Crippen LogP contribution in [0.5, 0.6) is 0 Å². The molecule has 2 saturated carbocycles. The van der Waals surface area contributed by atoms with Gasteiger partial charge in [0.2, 0.25) is 0 Å². The Morgan fingerprint density at radius 2 is 1.19 bits per heavy atom. The Labute approximate surface area is 273 Å². The van der Waals surface area contributed by atoms with E-state index in [-0.39, 0.29) is 5.92 Å². The largest absolute Gasteiger partial charge is 0.308 e. The summed E-state index contributed by atoms with van der Waals surface area (Å²) in [5.74, 6) is 3.11. The van der Waals surface area contributed by atoms with Gasteiger partial charge in [-0.15, -0.1) is 0 Å². The van der Waals surface area contributed by atoms with E-state index in [4.69, 9.17) is 6.58 Å². The Kier molecular flexibility index (Phi) is 4.55. The molecule has 2 nitrogen and oxygen atoms in total. The van der Waals surface area contributed by atoms with Crippen LogP contribution in [-0.2, 0) is 0 Å². The van der Waals surface area contributed by atoms with Gasteiger partial charge >= 0.3 is 0 Å². The molecular weight excluding hydrogens is 571 g/mol. The third-order valence-corrected chi connectivity index (χ3v) is 14.0. The maximum absolute atomic E-state index is 14.7. The third kappa shape index (κ3) is 2.76. The minimum atomic E-state index is 0.154. The number of rotatable bonds is 0. The van der Waals surface area contributed by atoms with Crippen LogP contribution in [0.25, 0.3) is 76.0 Å². The first-order valence-electron chi connectivity index (χ1n) is 18.3. The first kappa shape index (κ1) is 25.6. The van der Waals surface area contributed by atoms with Gasteiger partial charge in [0, 0.05) is 33.0 Å². The summed E-state index contributed by atoms with van der Waals surface area (Å²) in [6, 6.07) is 26.2. The molecule has 3 heterocycles. The van der Waals surface area contributed by atoms with Crippen molar-refractivity contribution in [1.82, 2.24) is 4.40 Å². The molecule has 6 atom stereocenters. The fourth-order valence-corrected chi connectivity index (χ4v) is 12.2. The number of allylic oxidation sites excluding steroid dienone is 1. The number of benzene rings is 6. The van der Waals surface area contributed by atoms with Crippen molar-refractivity contribution in [2.24, 2.45) is 23.7 Å². The number of fused-ring (bicyclic) bond motifs is 6. The molecule has 2 fully saturated rings. The van der Waals surface area contributed by atoms with Crippen LogP contribution in [0.15, 0.2) is 73.3 Å². The van der Waals surface area contributed by atoms with E-state index in [1.807, 2.05) is 13.8 Å². The molecule has 1 aliphatic heterocycles. The van der Waals surface area contributed by atoms with Gasteiger partial charge in [0.25, 0.3) is 0 Å². The Bertz CT molecular complexity index is 2560. The second-order valence-corrected chi connectivity index (χ2v) is 15.5. The summed E-state index contributed by atoms with van der Waals surface area (Å²) < 4.78 is 2.57. The molecule has 0 N–H and O–H groups in total. The van der Waals surface area contributed by atoms with E-state index in [0.717, 1.165) is 24.8 Å². The minimum Gasteiger partial charge on any atom is -0.308 e. The van der Waals surface area contributed by atoms with Crippen LogP contribution in [0, 0.1) is 23.7 Å². The van der Waals surface area contributed by atoms with Gasteiger partial charge < -0.3 is 4.40 Å². The number of Topliss-reactive ketones (excluding diaryl/α,β-unsaturated/α-hetero) is 1. The van der Waals surface area contributed by atoms with Crippen LogP contribution in [0.1, 0.15) is 91.3 Å². The SMILES string of the molecule is C=C1c2cc3c4cc2C2CCC1C(C2)C1CC2CCC1C(=O)c1cc5c(cc12)c1c2ccc6cccc7ccc(c2c76)c4c1n35.CC. The first-order valence-corrected chi connectivity index (χ1v) is 18.3. The Hall–Kier alpha value is -4.43. The van der Waals surface area contributed by atoms with E-state index in [1.165, 1.54) is 112 Å². The number of nitrogens with zero attached hydrogens (tertiary/aromatic N) is 1. The van der Waals surface area contributed by atoms with E-state index >= 15 is 0 Å². The fraction of sp³-hybridized carbons (Fsp3) is 0.311. The molecule has 47 heavy (non-hydrogen) atoms. The van der Waals surface area contributed by atoms with Crippen LogP contribution >= 0.6 is 0 Å². The van der Waals surface area contributed by atoms with Gasteiger partial charge in [-0.05, 0) is 147 Å². The Morgan fingerprint density at radius 3 is 1.85 bits per heavy atom. The van der Waals surface area contributed by atoms with Crippen molar-refractivity contribution in [3.63, 3.8) is 0 Å². The molecule has 2 heteroatoms. The molecule has 2 aromatic heterocycles. The van der Waals surface area contributed by atoms with Gasteiger partial charge in [0.05, 0.1) is 16.6 Å². The van der Waals surface area contributed by atoms with Crippen LogP contribution in [-0.4, -0.2) is 10.2 Å². The summed E-state index contributed by atoms with van der Waals surface area (Å²) in [6.07, 6.45) is 7.03. The van der Waals surface area contributed by atoms with Gasteiger partial charge in [0.15, 0.2) is 5.78 Å². The molecule has 6 aliphatic carbocycles. The monoisotopic (exact) mass is 607 g/mol. The predicted octanol–water partition coefficient (Wildman–Crippen LogP) is 12.0. The van der Waals surface area contributed by atoms with E-state index < -0.39 is 0 Å². The number of hydrogen-bond donors (Lipinski definition) is 0. The third-order valence-electron chi connectivity index (χ3n) is 14.0. The highest BCUT2D eigenvalue weighted by atomic mass is 16.1. The minimum absolute atomic E-state index is 0.154. The summed E-state index contributed by atoms with van der Waals surface area (Å²) in [4.78, 5) is 14.7. The topological polar surface area (TPSA) is 21.5 Å². The van der Waals surface area contributed by atoms with Crippen molar-refractivity contribution in [3.8, 4) is 0 Å². The average molecular weight is 608 g/mol. The van der Waals surface area contributed by atoms with Crippen LogP contribution < -0.4 is 0 Å².